The third-order valence-corrected chi connectivity index (χ3v) is 4.75. The fourth-order valence-electron chi connectivity index (χ4n) is 3.21. The number of non-ortho nitro benzene ring substituents is 1. The monoisotopic (exact) mass is 425 g/mol. The van der Waals surface area contributed by atoms with Gasteiger partial charge in [0.25, 0.3) is 5.69 Å². The molecule has 0 unspecified atom stereocenters. The summed E-state index contributed by atoms with van der Waals surface area (Å²) in [5.74, 6) is -0.0413. The molecule has 0 saturated carbocycles. The molecule has 0 atom stereocenters. The second-order valence-electron chi connectivity index (χ2n) is 6.58. The zero-order chi connectivity index (χ0) is 18.4. The third-order valence-electron chi connectivity index (χ3n) is 4.75. The summed E-state index contributed by atoms with van der Waals surface area (Å²) in [7, 11) is 0. The molecule has 0 bridgehead atoms. The molecular weight excluding hydrogens is 401 g/mol. The lowest BCUT2D eigenvalue weighted by Crippen LogP contribution is -2.46. The van der Waals surface area contributed by atoms with Gasteiger partial charge in [0.1, 0.15) is 0 Å². The van der Waals surface area contributed by atoms with Crippen molar-refractivity contribution in [3.63, 3.8) is 0 Å². The Bertz CT molecular complexity index is 766. The highest BCUT2D eigenvalue weighted by Crippen LogP contribution is 2.15. The first-order valence-corrected chi connectivity index (χ1v) is 8.88. The smallest absolute Gasteiger partial charge is 0.270 e. The Morgan fingerprint density at radius 3 is 2.21 bits per heavy atom. The standard InChI is InChI=1S/C20H23N3O3.2ClH/c24-20(18-7-4-8-19(15-18)23(25)26)9-10-21-11-13-22(14-12-21)16-17-5-2-1-3-6-17;;/h1-8,15H,9-14,16H2;2*1H. The van der Waals surface area contributed by atoms with Crippen molar-refractivity contribution in [3.8, 4) is 0 Å². The quantitative estimate of drug-likeness (QED) is 0.383. The molecule has 1 aliphatic rings. The van der Waals surface area contributed by atoms with E-state index in [1.165, 1.54) is 17.7 Å². The van der Waals surface area contributed by atoms with Gasteiger partial charge in [-0.05, 0) is 5.56 Å². The van der Waals surface area contributed by atoms with E-state index < -0.39 is 4.92 Å². The molecule has 2 aromatic carbocycles. The predicted octanol–water partition coefficient (Wildman–Crippen LogP) is 3.83. The van der Waals surface area contributed by atoms with Crippen molar-refractivity contribution in [1.29, 1.82) is 0 Å². The van der Waals surface area contributed by atoms with Gasteiger partial charge < -0.3 is 4.90 Å². The Hall–Kier alpha value is -1.99. The van der Waals surface area contributed by atoms with Crippen molar-refractivity contribution in [2.24, 2.45) is 0 Å². The fraction of sp³-hybridized carbons (Fsp3) is 0.350. The molecule has 1 fully saturated rings. The minimum Gasteiger partial charge on any atom is -0.300 e. The van der Waals surface area contributed by atoms with Crippen LogP contribution in [0.15, 0.2) is 54.6 Å². The van der Waals surface area contributed by atoms with Crippen LogP contribution in [0.3, 0.4) is 0 Å². The Labute approximate surface area is 177 Å². The second-order valence-corrected chi connectivity index (χ2v) is 6.58. The van der Waals surface area contributed by atoms with Crippen LogP contribution in [0.2, 0.25) is 0 Å². The van der Waals surface area contributed by atoms with Crippen LogP contribution in [0, 0.1) is 10.1 Å². The highest BCUT2D eigenvalue weighted by molar-refractivity contribution is 5.96. The number of hydrogen-bond donors (Lipinski definition) is 0. The summed E-state index contributed by atoms with van der Waals surface area (Å²) in [5, 5.41) is 10.8. The first-order valence-electron chi connectivity index (χ1n) is 8.88. The fourth-order valence-corrected chi connectivity index (χ4v) is 3.21. The van der Waals surface area contributed by atoms with E-state index in [-0.39, 0.29) is 36.3 Å². The first-order chi connectivity index (χ1) is 12.6. The number of piperazine rings is 1. The lowest BCUT2D eigenvalue weighted by atomic mass is 10.1. The maximum absolute atomic E-state index is 12.3. The van der Waals surface area contributed by atoms with Gasteiger partial charge >= 0.3 is 0 Å². The average Bonchev–Trinajstić information content (AvgIpc) is 2.68. The van der Waals surface area contributed by atoms with Crippen LogP contribution in [0.25, 0.3) is 0 Å². The number of rotatable bonds is 7. The SMILES string of the molecule is Cl.Cl.O=C(CCN1CCN(Cc2ccccc2)CC1)c1cccc([N+](=O)[O-])c1. The molecule has 1 saturated heterocycles. The number of carbonyl (C=O) groups excluding carboxylic acids is 1. The third kappa shape index (κ3) is 6.87. The van der Waals surface area contributed by atoms with E-state index in [2.05, 4.69) is 34.1 Å². The van der Waals surface area contributed by atoms with Crippen molar-refractivity contribution in [2.45, 2.75) is 13.0 Å². The van der Waals surface area contributed by atoms with Gasteiger partial charge in [-0.2, -0.15) is 0 Å². The van der Waals surface area contributed by atoms with Gasteiger partial charge in [0.2, 0.25) is 0 Å². The van der Waals surface area contributed by atoms with Crippen molar-refractivity contribution in [2.75, 3.05) is 32.7 Å². The number of halogens is 2. The van der Waals surface area contributed by atoms with Crippen LogP contribution >= 0.6 is 24.8 Å². The van der Waals surface area contributed by atoms with E-state index in [4.69, 9.17) is 0 Å². The van der Waals surface area contributed by atoms with Gasteiger partial charge in [0.15, 0.2) is 5.78 Å². The lowest BCUT2D eigenvalue weighted by molar-refractivity contribution is -0.384. The number of Topliss-reactive ketones (excluding diaryl/α,β-unsaturated/α-hetero) is 1. The van der Waals surface area contributed by atoms with E-state index in [0.717, 1.165) is 32.7 Å². The number of ketones is 1. The van der Waals surface area contributed by atoms with Gasteiger partial charge in [0, 0.05) is 63.4 Å². The maximum Gasteiger partial charge on any atom is 0.270 e. The van der Waals surface area contributed by atoms with Gasteiger partial charge in [-0.25, -0.2) is 0 Å². The van der Waals surface area contributed by atoms with Crippen LogP contribution in [-0.4, -0.2) is 53.2 Å². The molecule has 3 rings (SSSR count). The Balaban J connectivity index is 0.00000196. The summed E-state index contributed by atoms with van der Waals surface area (Å²) in [5.41, 5.74) is 1.70. The maximum atomic E-state index is 12.3. The van der Waals surface area contributed by atoms with Crippen LogP contribution in [0.5, 0.6) is 0 Å². The van der Waals surface area contributed by atoms with Gasteiger partial charge in [0.05, 0.1) is 4.92 Å². The minimum atomic E-state index is -0.470. The number of hydrogen-bond acceptors (Lipinski definition) is 5. The summed E-state index contributed by atoms with van der Waals surface area (Å²) in [6.45, 7) is 5.51. The Morgan fingerprint density at radius 1 is 0.929 bits per heavy atom. The second kappa shape index (κ2) is 11.8. The topological polar surface area (TPSA) is 66.7 Å². The molecular formula is C20H25Cl2N3O3. The highest BCUT2D eigenvalue weighted by Gasteiger charge is 2.18. The van der Waals surface area contributed by atoms with Gasteiger partial charge in [-0.3, -0.25) is 19.8 Å². The summed E-state index contributed by atoms with van der Waals surface area (Å²) in [6.07, 6.45) is 0.389. The van der Waals surface area contributed by atoms with Crippen molar-refractivity contribution >= 4 is 36.3 Å². The molecule has 0 spiro atoms. The lowest BCUT2D eigenvalue weighted by Gasteiger charge is -2.34. The summed E-state index contributed by atoms with van der Waals surface area (Å²) in [4.78, 5) is 27.4. The molecule has 0 aliphatic carbocycles. The van der Waals surface area contributed by atoms with E-state index >= 15 is 0 Å². The summed E-state index contributed by atoms with van der Waals surface area (Å²) < 4.78 is 0. The molecule has 2 aromatic rings. The van der Waals surface area contributed by atoms with Crippen molar-refractivity contribution < 1.29 is 9.72 Å². The minimum absolute atomic E-state index is 0. The van der Waals surface area contributed by atoms with Crippen LogP contribution in [-0.2, 0) is 6.54 Å². The molecule has 1 heterocycles. The van der Waals surface area contributed by atoms with Crippen LogP contribution in [0.1, 0.15) is 22.3 Å². The molecule has 0 N–H and O–H groups in total. The predicted molar refractivity (Wildman–Crippen MR) is 115 cm³/mol. The molecule has 8 heteroatoms. The summed E-state index contributed by atoms with van der Waals surface area (Å²) >= 11 is 0. The Morgan fingerprint density at radius 2 is 1.57 bits per heavy atom. The van der Waals surface area contributed by atoms with Crippen molar-refractivity contribution in [3.05, 3.63) is 75.8 Å². The van der Waals surface area contributed by atoms with Crippen LogP contribution in [0.4, 0.5) is 5.69 Å². The molecule has 0 radical (unpaired) electrons. The van der Waals surface area contributed by atoms with E-state index in [1.54, 1.807) is 12.1 Å². The number of carbonyl (C=O) groups is 1. The summed E-state index contributed by atoms with van der Waals surface area (Å²) in [6, 6.07) is 16.4. The molecule has 1 aliphatic heterocycles. The Kier molecular flexibility index (Phi) is 10.1. The van der Waals surface area contributed by atoms with E-state index in [9.17, 15) is 14.9 Å². The van der Waals surface area contributed by atoms with Crippen molar-refractivity contribution in [1.82, 2.24) is 9.80 Å². The average molecular weight is 426 g/mol. The molecule has 0 aromatic heterocycles. The normalized spacial score (nSPS) is 14.6. The molecule has 6 nitrogen and oxygen atoms in total. The highest BCUT2D eigenvalue weighted by atomic mass is 35.5. The van der Waals surface area contributed by atoms with Gasteiger partial charge in [-0.1, -0.05) is 42.5 Å². The molecule has 0 amide bonds. The zero-order valence-electron chi connectivity index (χ0n) is 15.5. The molecule has 152 valence electrons. The zero-order valence-corrected chi connectivity index (χ0v) is 17.2. The largest absolute Gasteiger partial charge is 0.300 e. The van der Waals surface area contributed by atoms with Crippen LogP contribution < -0.4 is 0 Å². The van der Waals surface area contributed by atoms with Gasteiger partial charge in [-0.15, -0.1) is 24.8 Å². The number of benzene rings is 2. The first kappa shape index (κ1) is 24.0. The van der Waals surface area contributed by atoms with E-state index in [1.807, 2.05) is 6.07 Å². The number of nitro groups is 1. The number of nitrogens with zero attached hydrogens (tertiary/aromatic N) is 3. The van der Waals surface area contributed by atoms with E-state index in [0.29, 0.717) is 18.5 Å². The number of nitro benzene ring substituents is 1. The molecule has 28 heavy (non-hydrogen) atoms.